The van der Waals surface area contributed by atoms with Gasteiger partial charge in [0.15, 0.2) is 17.3 Å². The zero-order valence-electron chi connectivity index (χ0n) is 17.2. The van der Waals surface area contributed by atoms with Crippen molar-refractivity contribution in [3.05, 3.63) is 69.2 Å². The summed E-state index contributed by atoms with van der Waals surface area (Å²) in [6.45, 7) is 6.74. The van der Waals surface area contributed by atoms with E-state index in [0.29, 0.717) is 22.9 Å². The van der Waals surface area contributed by atoms with Gasteiger partial charge in [-0.2, -0.15) is 14.9 Å². The molecule has 2 aromatic carbocycles. The molecular formula is C22H26N4O2S. The van der Waals surface area contributed by atoms with Gasteiger partial charge in [0.2, 0.25) is 4.77 Å². The number of hydrogen-bond donors (Lipinski definition) is 1. The first-order chi connectivity index (χ1) is 14.0. The zero-order chi connectivity index (χ0) is 20.8. The lowest BCUT2D eigenvalue weighted by Crippen LogP contribution is -2.01. The van der Waals surface area contributed by atoms with Gasteiger partial charge in [-0.1, -0.05) is 30.7 Å². The van der Waals surface area contributed by atoms with Crippen LogP contribution in [0.5, 0.6) is 11.5 Å². The van der Waals surface area contributed by atoms with Crippen molar-refractivity contribution in [2.45, 2.75) is 40.2 Å². The second-order valence-electron chi connectivity index (χ2n) is 6.88. The monoisotopic (exact) mass is 410 g/mol. The average Bonchev–Trinajstić information content (AvgIpc) is 3.07. The minimum Gasteiger partial charge on any atom is -0.493 e. The van der Waals surface area contributed by atoms with Gasteiger partial charge in [-0.15, -0.1) is 0 Å². The van der Waals surface area contributed by atoms with Crippen LogP contribution in [0.4, 0.5) is 0 Å². The quantitative estimate of drug-likeness (QED) is 0.420. The van der Waals surface area contributed by atoms with Crippen molar-refractivity contribution < 1.29 is 9.47 Å². The predicted molar refractivity (Wildman–Crippen MR) is 118 cm³/mol. The van der Waals surface area contributed by atoms with Gasteiger partial charge >= 0.3 is 0 Å². The summed E-state index contributed by atoms with van der Waals surface area (Å²) in [5.41, 5.74) is 4.47. The molecule has 152 valence electrons. The molecule has 0 spiro atoms. The molecule has 1 heterocycles. The van der Waals surface area contributed by atoms with Crippen molar-refractivity contribution in [2.75, 3.05) is 7.11 Å². The van der Waals surface area contributed by atoms with Gasteiger partial charge in [0.25, 0.3) is 0 Å². The summed E-state index contributed by atoms with van der Waals surface area (Å²) in [7, 11) is 1.63. The number of methoxy groups -OCH3 is 1. The lowest BCUT2D eigenvalue weighted by Gasteiger charge is -2.13. The summed E-state index contributed by atoms with van der Waals surface area (Å²) in [4.78, 5) is 0. The van der Waals surface area contributed by atoms with Crippen molar-refractivity contribution in [3.8, 4) is 11.5 Å². The fourth-order valence-electron chi connectivity index (χ4n) is 2.95. The van der Waals surface area contributed by atoms with Crippen LogP contribution in [-0.2, 0) is 13.0 Å². The highest BCUT2D eigenvalue weighted by molar-refractivity contribution is 7.71. The van der Waals surface area contributed by atoms with Crippen molar-refractivity contribution >= 4 is 18.4 Å². The Morgan fingerprint density at radius 3 is 2.76 bits per heavy atom. The topological polar surface area (TPSA) is 64.4 Å². The van der Waals surface area contributed by atoms with Crippen LogP contribution in [0, 0.1) is 18.6 Å². The average molecular weight is 411 g/mol. The Morgan fingerprint density at radius 2 is 2.00 bits per heavy atom. The Bertz CT molecular complexity index is 1070. The molecule has 0 aliphatic rings. The van der Waals surface area contributed by atoms with Crippen LogP contribution in [0.3, 0.4) is 0 Å². The fourth-order valence-corrected chi connectivity index (χ4v) is 3.15. The standard InChI is InChI=1S/C22H26N4O2S/c1-5-6-21-24-25-22(29)26(21)23-13-17-9-10-19(20(12-17)27-4)28-14-18-11-15(2)7-8-16(18)3/h7-13H,5-6,14H2,1-4H3,(H,25,29)/b23-13-. The second-order valence-corrected chi connectivity index (χ2v) is 7.27. The molecule has 0 amide bonds. The predicted octanol–water partition coefficient (Wildman–Crippen LogP) is 4.98. The van der Waals surface area contributed by atoms with Crippen LogP contribution in [-0.4, -0.2) is 28.2 Å². The van der Waals surface area contributed by atoms with Gasteiger partial charge in [-0.25, -0.2) is 0 Å². The molecule has 0 saturated carbocycles. The molecule has 3 rings (SSSR count). The number of H-pyrrole nitrogens is 1. The van der Waals surface area contributed by atoms with Gasteiger partial charge < -0.3 is 9.47 Å². The number of aromatic nitrogens is 3. The normalized spacial score (nSPS) is 11.2. The van der Waals surface area contributed by atoms with Gasteiger partial charge in [0.05, 0.1) is 13.3 Å². The van der Waals surface area contributed by atoms with Gasteiger partial charge in [0.1, 0.15) is 6.61 Å². The maximum Gasteiger partial charge on any atom is 0.216 e. The second kappa shape index (κ2) is 9.52. The van der Waals surface area contributed by atoms with Crippen LogP contribution in [0.25, 0.3) is 0 Å². The number of nitrogens with one attached hydrogen (secondary N) is 1. The van der Waals surface area contributed by atoms with Crippen LogP contribution >= 0.6 is 12.2 Å². The van der Waals surface area contributed by atoms with Crippen LogP contribution in [0.15, 0.2) is 41.5 Å². The molecule has 0 bridgehead atoms. The summed E-state index contributed by atoms with van der Waals surface area (Å²) in [6.07, 6.45) is 3.51. The summed E-state index contributed by atoms with van der Waals surface area (Å²) in [6, 6.07) is 12.1. The SMILES string of the molecule is CCCc1n[nH]c(=S)n1/N=C\c1ccc(OCc2cc(C)ccc2C)c(OC)c1. The highest BCUT2D eigenvalue weighted by atomic mass is 32.1. The van der Waals surface area contributed by atoms with Gasteiger partial charge in [-0.3, -0.25) is 5.10 Å². The Labute approximate surface area is 176 Å². The van der Waals surface area contributed by atoms with E-state index in [2.05, 4.69) is 54.3 Å². The van der Waals surface area contributed by atoms with Crippen LogP contribution in [0.2, 0.25) is 0 Å². The van der Waals surface area contributed by atoms with E-state index >= 15 is 0 Å². The molecule has 6 nitrogen and oxygen atoms in total. The fraction of sp³-hybridized carbons (Fsp3) is 0.318. The molecule has 0 aliphatic carbocycles. The molecule has 0 radical (unpaired) electrons. The summed E-state index contributed by atoms with van der Waals surface area (Å²) >= 11 is 5.26. The molecule has 7 heteroatoms. The first kappa shape index (κ1) is 20.8. The highest BCUT2D eigenvalue weighted by Gasteiger charge is 2.08. The molecule has 1 N–H and O–H groups in total. The van der Waals surface area contributed by atoms with E-state index in [4.69, 9.17) is 21.7 Å². The van der Waals surface area contributed by atoms with Crippen molar-refractivity contribution in [1.82, 2.24) is 14.9 Å². The zero-order valence-corrected chi connectivity index (χ0v) is 18.0. The first-order valence-electron chi connectivity index (χ1n) is 9.59. The molecule has 0 atom stereocenters. The number of hydrogen-bond acceptors (Lipinski definition) is 5. The number of nitrogens with zero attached hydrogens (tertiary/aromatic N) is 3. The molecule has 0 unspecified atom stereocenters. The number of rotatable bonds is 8. The number of aromatic amines is 1. The smallest absolute Gasteiger partial charge is 0.216 e. The van der Waals surface area contributed by atoms with Crippen molar-refractivity contribution in [2.24, 2.45) is 5.10 Å². The molecule has 3 aromatic rings. The molecule has 29 heavy (non-hydrogen) atoms. The summed E-state index contributed by atoms with van der Waals surface area (Å²) in [5, 5.41) is 11.5. The maximum atomic E-state index is 6.02. The third-order valence-corrected chi connectivity index (χ3v) is 4.85. The number of aryl methyl sites for hydroxylation is 3. The largest absolute Gasteiger partial charge is 0.493 e. The minimum atomic E-state index is 0.477. The number of benzene rings is 2. The van der Waals surface area contributed by atoms with E-state index in [1.165, 1.54) is 11.1 Å². The first-order valence-corrected chi connectivity index (χ1v) is 10.00. The minimum absolute atomic E-state index is 0.477. The van der Waals surface area contributed by atoms with E-state index < -0.39 is 0 Å². The summed E-state index contributed by atoms with van der Waals surface area (Å²) in [5.74, 6) is 2.16. The molecule has 1 aromatic heterocycles. The number of ether oxygens (including phenoxy) is 2. The van der Waals surface area contributed by atoms with E-state index in [9.17, 15) is 0 Å². The van der Waals surface area contributed by atoms with E-state index in [-0.39, 0.29) is 0 Å². The van der Waals surface area contributed by atoms with E-state index in [0.717, 1.165) is 29.8 Å². The van der Waals surface area contributed by atoms with E-state index in [1.54, 1.807) is 18.0 Å². The van der Waals surface area contributed by atoms with Crippen molar-refractivity contribution in [1.29, 1.82) is 0 Å². The van der Waals surface area contributed by atoms with Crippen molar-refractivity contribution in [3.63, 3.8) is 0 Å². The summed E-state index contributed by atoms with van der Waals surface area (Å²) < 4.78 is 13.7. The van der Waals surface area contributed by atoms with Gasteiger partial charge in [-0.05, 0) is 67.4 Å². The van der Waals surface area contributed by atoms with Crippen LogP contribution in [0.1, 0.15) is 41.4 Å². The lowest BCUT2D eigenvalue weighted by atomic mass is 10.1. The third kappa shape index (κ3) is 5.12. The molecule has 0 aliphatic heterocycles. The third-order valence-electron chi connectivity index (χ3n) is 4.59. The van der Waals surface area contributed by atoms with Gasteiger partial charge in [0, 0.05) is 6.42 Å². The highest BCUT2D eigenvalue weighted by Crippen LogP contribution is 2.29. The molecular weight excluding hydrogens is 384 g/mol. The Hall–Kier alpha value is -2.93. The maximum absolute atomic E-state index is 6.02. The Morgan fingerprint density at radius 1 is 1.17 bits per heavy atom. The Balaban J connectivity index is 1.77. The van der Waals surface area contributed by atoms with Crippen LogP contribution < -0.4 is 9.47 Å². The Kier molecular flexibility index (Phi) is 6.82. The van der Waals surface area contributed by atoms with E-state index in [1.807, 2.05) is 18.2 Å². The lowest BCUT2D eigenvalue weighted by molar-refractivity contribution is 0.284. The molecule has 0 fully saturated rings. The molecule has 0 saturated heterocycles.